The van der Waals surface area contributed by atoms with E-state index in [2.05, 4.69) is 14.8 Å². The fourth-order valence-corrected chi connectivity index (χ4v) is 1.90. The van der Waals surface area contributed by atoms with Crippen molar-refractivity contribution in [2.24, 2.45) is 0 Å². The number of amides is 1. The van der Waals surface area contributed by atoms with Gasteiger partial charge < -0.3 is 19.5 Å². The van der Waals surface area contributed by atoms with Gasteiger partial charge >= 0.3 is 6.29 Å². The minimum absolute atomic E-state index is 0.115. The van der Waals surface area contributed by atoms with E-state index < -0.39 is 18.0 Å². The first-order valence-corrected chi connectivity index (χ1v) is 6.49. The molecule has 1 aliphatic heterocycles. The minimum Gasteiger partial charge on any atom is -0.484 e. The summed E-state index contributed by atoms with van der Waals surface area (Å²) < 4.78 is 52.2. The van der Waals surface area contributed by atoms with Crippen molar-refractivity contribution in [1.29, 1.82) is 0 Å². The van der Waals surface area contributed by atoms with Gasteiger partial charge in [-0.3, -0.25) is 4.79 Å². The first-order valence-electron chi connectivity index (χ1n) is 6.49. The highest BCUT2D eigenvalue weighted by molar-refractivity contribution is 5.92. The number of rotatable bonds is 4. The van der Waals surface area contributed by atoms with Crippen molar-refractivity contribution >= 4 is 11.6 Å². The molecular weight excluding hydrogens is 315 g/mol. The number of hydrogen-bond acceptors (Lipinski definition) is 4. The molecule has 5 nitrogen and oxygen atoms in total. The van der Waals surface area contributed by atoms with E-state index in [1.54, 1.807) is 0 Å². The van der Waals surface area contributed by atoms with Crippen LogP contribution in [0.1, 0.15) is 0 Å². The highest BCUT2D eigenvalue weighted by Gasteiger charge is 2.43. The Morgan fingerprint density at radius 2 is 1.78 bits per heavy atom. The molecule has 1 N–H and O–H groups in total. The first-order chi connectivity index (χ1) is 10.9. The van der Waals surface area contributed by atoms with Crippen molar-refractivity contribution in [3.8, 4) is 17.2 Å². The molecule has 0 radical (unpaired) electrons. The highest BCUT2D eigenvalue weighted by Crippen LogP contribution is 2.42. The molecule has 2 aromatic carbocycles. The van der Waals surface area contributed by atoms with Crippen LogP contribution in [0, 0.1) is 5.82 Å². The molecule has 120 valence electrons. The number of benzene rings is 2. The van der Waals surface area contributed by atoms with E-state index in [9.17, 15) is 18.0 Å². The number of carbonyl (C=O) groups excluding carboxylic acids is 1. The lowest BCUT2D eigenvalue weighted by molar-refractivity contribution is -0.286. The molecule has 23 heavy (non-hydrogen) atoms. The normalized spacial score (nSPS) is 14.4. The molecule has 1 amide bonds. The molecule has 0 spiro atoms. The topological polar surface area (TPSA) is 56.8 Å². The van der Waals surface area contributed by atoms with E-state index in [0.29, 0.717) is 5.75 Å². The Morgan fingerprint density at radius 3 is 2.52 bits per heavy atom. The summed E-state index contributed by atoms with van der Waals surface area (Å²) in [4.78, 5) is 11.7. The van der Waals surface area contributed by atoms with Gasteiger partial charge in [-0.25, -0.2) is 4.39 Å². The average molecular weight is 325 g/mol. The van der Waals surface area contributed by atoms with Gasteiger partial charge in [0.25, 0.3) is 5.91 Å². The first kappa shape index (κ1) is 15.0. The van der Waals surface area contributed by atoms with E-state index in [1.165, 1.54) is 42.5 Å². The second kappa shape index (κ2) is 5.71. The van der Waals surface area contributed by atoms with E-state index in [4.69, 9.17) is 4.74 Å². The summed E-state index contributed by atoms with van der Waals surface area (Å²) in [6.45, 7) is -0.323. The van der Waals surface area contributed by atoms with Crippen LogP contribution in [-0.4, -0.2) is 18.8 Å². The van der Waals surface area contributed by atoms with Gasteiger partial charge in [0.05, 0.1) is 0 Å². The Bertz CT molecular complexity index is 734. The summed E-state index contributed by atoms with van der Waals surface area (Å²) in [6.07, 6.45) is -3.71. The monoisotopic (exact) mass is 325 g/mol. The van der Waals surface area contributed by atoms with Crippen molar-refractivity contribution in [3.63, 3.8) is 0 Å². The molecule has 0 saturated heterocycles. The van der Waals surface area contributed by atoms with Gasteiger partial charge in [0.2, 0.25) is 0 Å². The molecule has 2 aromatic rings. The number of hydrogen-bond donors (Lipinski definition) is 1. The molecule has 8 heteroatoms. The summed E-state index contributed by atoms with van der Waals surface area (Å²) in [7, 11) is 0. The maximum atomic E-state index is 12.9. The standard InChI is InChI=1S/C15H10F3NO4/c16-9-1-4-11(5-2-9)21-8-14(20)19-10-3-6-12-13(7-10)23-15(17,18)22-12/h1-7H,8H2,(H,19,20). The van der Waals surface area contributed by atoms with E-state index in [-0.39, 0.29) is 23.8 Å². The summed E-state index contributed by atoms with van der Waals surface area (Å²) in [5.41, 5.74) is 0.248. The molecule has 0 unspecified atom stereocenters. The van der Waals surface area contributed by atoms with Crippen molar-refractivity contribution in [2.45, 2.75) is 6.29 Å². The molecule has 3 rings (SSSR count). The van der Waals surface area contributed by atoms with Crippen molar-refractivity contribution in [1.82, 2.24) is 0 Å². The van der Waals surface area contributed by atoms with E-state index in [1.807, 2.05) is 0 Å². The fraction of sp³-hybridized carbons (Fsp3) is 0.133. The SMILES string of the molecule is O=C(COc1ccc(F)cc1)Nc1ccc2c(c1)OC(F)(F)O2. The maximum absolute atomic E-state index is 12.9. The van der Waals surface area contributed by atoms with Crippen molar-refractivity contribution in [3.05, 3.63) is 48.3 Å². The summed E-state index contributed by atoms with van der Waals surface area (Å²) in [5.74, 6) is -0.895. The Kier molecular flexibility index (Phi) is 3.73. The Labute approximate surface area is 128 Å². The Morgan fingerprint density at radius 1 is 1.09 bits per heavy atom. The van der Waals surface area contributed by atoms with Crippen molar-refractivity contribution < 1.29 is 32.2 Å². The van der Waals surface area contributed by atoms with E-state index in [0.717, 1.165) is 0 Å². The fourth-order valence-electron chi connectivity index (χ4n) is 1.90. The summed E-state index contributed by atoms with van der Waals surface area (Å²) >= 11 is 0. The van der Waals surface area contributed by atoms with Crippen LogP contribution >= 0.6 is 0 Å². The predicted molar refractivity (Wildman–Crippen MR) is 73.2 cm³/mol. The lowest BCUT2D eigenvalue weighted by atomic mass is 10.3. The summed E-state index contributed by atoms with van der Waals surface area (Å²) in [5, 5.41) is 2.46. The molecular formula is C15H10F3NO4. The predicted octanol–water partition coefficient (Wildman–Crippen LogP) is 3.16. The van der Waals surface area contributed by atoms with Gasteiger partial charge in [-0.2, -0.15) is 0 Å². The van der Waals surface area contributed by atoms with Gasteiger partial charge in [0, 0.05) is 11.8 Å². The van der Waals surface area contributed by atoms with Crippen LogP contribution in [0.3, 0.4) is 0 Å². The zero-order valence-electron chi connectivity index (χ0n) is 11.5. The maximum Gasteiger partial charge on any atom is 0.586 e. The molecule has 0 aromatic heterocycles. The smallest absolute Gasteiger partial charge is 0.484 e. The van der Waals surface area contributed by atoms with Crippen LogP contribution in [0.15, 0.2) is 42.5 Å². The van der Waals surface area contributed by atoms with Crippen LogP contribution < -0.4 is 19.5 Å². The van der Waals surface area contributed by atoms with Crippen LogP contribution in [-0.2, 0) is 4.79 Å². The van der Waals surface area contributed by atoms with Gasteiger partial charge in [-0.15, -0.1) is 8.78 Å². The lowest BCUT2D eigenvalue weighted by Gasteiger charge is -2.08. The number of ether oxygens (including phenoxy) is 3. The van der Waals surface area contributed by atoms with Gasteiger partial charge in [-0.05, 0) is 36.4 Å². The molecule has 0 aliphatic carbocycles. The number of halogens is 3. The van der Waals surface area contributed by atoms with Crippen LogP contribution in [0.2, 0.25) is 0 Å². The van der Waals surface area contributed by atoms with E-state index >= 15 is 0 Å². The third-order valence-electron chi connectivity index (χ3n) is 2.87. The Balaban J connectivity index is 1.57. The molecule has 0 bridgehead atoms. The third kappa shape index (κ3) is 3.65. The van der Waals surface area contributed by atoms with Crippen molar-refractivity contribution in [2.75, 3.05) is 11.9 Å². The largest absolute Gasteiger partial charge is 0.586 e. The molecule has 1 heterocycles. The quantitative estimate of drug-likeness (QED) is 0.938. The van der Waals surface area contributed by atoms with Gasteiger partial charge in [0.15, 0.2) is 18.1 Å². The van der Waals surface area contributed by atoms with Crippen LogP contribution in [0.25, 0.3) is 0 Å². The lowest BCUT2D eigenvalue weighted by Crippen LogP contribution is -2.25. The third-order valence-corrected chi connectivity index (χ3v) is 2.87. The van der Waals surface area contributed by atoms with Gasteiger partial charge in [-0.1, -0.05) is 0 Å². The molecule has 0 atom stereocenters. The minimum atomic E-state index is -3.71. The number of alkyl halides is 2. The van der Waals surface area contributed by atoms with Crippen LogP contribution in [0.4, 0.5) is 18.9 Å². The number of nitrogens with one attached hydrogen (secondary N) is 1. The van der Waals surface area contributed by atoms with Gasteiger partial charge in [0.1, 0.15) is 11.6 Å². The molecule has 0 saturated carbocycles. The number of anilines is 1. The average Bonchev–Trinajstić information content (AvgIpc) is 2.80. The highest BCUT2D eigenvalue weighted by atomic mass is 19.3. The molecule has 0 fully saturated rings. The molecule has 1 aliphatic rings. The Hall–Kier alpha value is -2.90. The van der Waals surface area contributed by atoms with Crippen LogP contribution in [0.5, 0.6) is 17.2 Å². The zero-order valence-corrected chi connectivity index (χ0v) is 11.5. The summed E-state index contributed by atoms with van der Waals surface area (Å²) in [6, 6.07) is 9.02. The number of fused-ring (bicyclic) bond motifs is 1. The second-order valence-electron chi connectivity index (χ2n) is 4.62. The second-order valence-corrected chi connectivity index (χ2v) is 4.62. The zero-order chi connectivity index (χ0) is 16.4. The number of carbonyl (C=O) groups is 1.